The molecule has 1 aromatic carbocycles. The SMILES string of the molecule is CC(=O)C/C(C)=N/c1nnc2n1P(=S)(N1CCOCC1)Oc1ccccc1-2. The van der Waals surface area contributed by atoms with Crippen LogP contribution in [0.25, 0.3) is 11.4 Å². The van der Waals surface area contributed by atoms with Crippen molar-refractivity contribution in [1.82, 2.24) is 19.2 Å². The lowest BCUT2D eigenvalue weighted by atomic mass is 10.2. The average molecular weight is 405 g/mol. The number of morpholine rings is 1. The molecule has 2 aliphatic rings. The van der Waals surface area contributed by atoms with Crippen molar-refractivity contribution in [3.63, 3.8) is 0 Å². The Balaban J connectivity index is 1.87. The van der Waals surface area contributed by atoms with Gasteiger partial charge in [0.25, 0.3) is 12.5 Å². The molecule has 0 amide bonds. The summed E-state index contributed by atoms with van der Waals surface area (Å²) >= 11 is 6.09. The molecule has 1 aromatic heterocycles. The van der Waals surface area contributed by atoms with Crippen molar-refractivity contribution in [3.8, 4) is 17.1 Å². The van der Waals surface area contributed by atoms with E-state index in [0.29, 0.717) is 49.5 Å². The molecule has 0 saturated carbocycles. The fraction of sp³-hybridized carbons (Fsp3) is 0.412. The number of carbonyl (C=O) groups excluding carboxylic acids is 1. The number of aliphatic imine (C=N–C) groups is 1. The molecule has 3 heterocycles. The van der Waals surface area contributed by atoms with E-state index in [2.05, 4.69) is 19.9 Å². The van der Waals surface area contributed by atoms with Gasteiger partial charge in [-0.25, -0.2) is 14.0 Å². The second-order valence-electron chi connectivity index (χ2n) is 6.51. The minimum absolute atomic E-state index is 0.0452. The van der Waals surface area contributed by atoms with Gasteiger partial charge in [0.2, 0.25) is 0 Å². The summed E-state index contributed by atoms with van der Waals surface area (Å²) in [5, 5.41) is 8.64. The maximum atomic E-state index is 11.4. The molecule has 1 atom stereocenters. The van der Waals surface area contributed by atoms with Crippen molar-refractivity contribution < 1.29 is 14.1 Å². The van der Waals surface area contributed by atoms with E-state index in [-0.39, 0.29) is 12.2 Å². The van der Waals surface area contributed by atoms with Crippen LogP contribution in [0.2, 0.25) is 0 Å². The predicted octanol–water partition coefficient (Wildman–Crippen LogP) is 2.81. The van der Waals surface area contributed by atoms with E-state index in [1.165, 1.54) is 6.92 Å². The van der Waals surface area contributed by atoms with Crippen molar-refractivity contribution in [2.24, 2.45) is 4.99 Å². The van der Waals surface area contributed by atoms with E-state index in [9.17, 15) is 4.79 Å². The summed E-state index contributed by atoms with van der Waals surface area (Å²) in [6.07, 6.45) is 0.264. The van der Waals surface area contributed by atoms with Crippen LogP contribution in [0, 0.1) is 0 Å². The molecule has 1 saturated heterocycles. The topological polar surface area (TPSA) is 81.8 Å². The Morgan fingerprint density at radius 2 is 2.00 bits per heavy atom. The quantitative estimate of drug-likeness (QED) is 0.571. The third-order valence-corrected chi connectivity index (χ3v) is 8.19. The Morgan fingerprint density at radius 1 is 1.26 bits per heavy atom. The van der Waals surface area contributed by atoms with Gasteiger partial charge in [-0.1, -0.05) is 12.1 Å². The first-order chi connectivity index (χ1) is 13.0. The highest BCUT2D eigenvalue weighted by molar-refractivity contribution is 8.10. The molecule has 0 bridgehead atoms. The maximum absolute atomic E-state index is 11.4. The van der Waals surface area contributed by atoms with Gasteiger partial charge < -0.3 is 9.26 Å². The first-order valence-electron chi connectivity index (χ1n) is 8.71. The van der Waals surface area contributed by atoms with Gasteiger partial charge in [0.15, 0.2) is 5.82 Å². The summed E-state index contributed by atoms with van der Waals surface area (Å²) in [6.45, 7) is 3.18. The molecule has 2 aliphatic heterocycles. The lowest BCUT2D eigenvalue weighted by molar-refractivity contribution is -0.115. The Labute approximate surface area is 162 Å². The molecule has 0 N–H and O–H groups in total. The second kappa shape index (κ2) is 7.24. The molecular weight excluding hydrogens is 385 g/mol. The van der Waals surface area contributed by atoms with Crippen molar-refractivity contribution in [1.29, 1.82) is 0 Å². The maximum Gasteiger partial charge on any atom is 0.287 e. The number of Topliss-reactive ketones (excluding diaryl/α,β-unsaturated/α-hetero) is 1. The van der Waals surface area contributed by atoms with Gasteiger partial charge in [0.1, 0.15) is 11.5 Å². The third kappa shape index (κ3) is 3.36. The largest absolute Gasteiger partial charge is 0.436 e. The molecule has 1 fully saturated rings. The van der Waals surface area contributed by atoms with Crippen molar-refractivity contribution >= 4 is 35.8 Å². The number of ether oxygens (including phenoxy) is 1. The molecule has 0 aliphatic carbocycles. The zero-order chi connectivity index (χ0) is 19.0. The van der Waals surface area contributed by atoms with Crippen molar-refractivity contribution in [2.75, 3.05) is 26.3 Å². The number of benzene rings is 1. The summed E-state index contributed by atoms with van der Waals surface area (Å²) < 4.78 is 15.9. The number of para-hydroxylation sites is 1. The molecule has 0 spiro atoms. The lowest BCUT2D eigenvalue weighted by Gasteiger charge is -2.39. The highest BCUT2D eigenvalue weighted by Gasteiger charge is 2.41. The molecular formula is C17H20N5O3PS. The van der Waals surface area contributed by atoms with E-state index in [4.69, 9.17) is 21.1 Å². The number of fused-ring (bicyclic) bond motifs is 3. The molecule has 0 radical (unpaired) electrons. The minimum atomic E-state index is -2.71. The fourth-order valence-corrected chi connectivity index (χ4v) is 6.62. The molecule has 2 aromatic rings. The fourth-order valence-electron chi connectivity index (χ4n) is 3.20. The third-order valence-electron chi connectivity index (χ3n) is 4.36. The highest BCUT2D eigenvalue weighted by atomic mass is 32.5. The monoisotopic (exact) mass is 405 g/mol. The highest BCUT2D eigenvalue weighted by Crippen LogP contribution is 2.60. The van der Waals surface area contributed by atoms with Gasteiger partial charge in [0.05, 0.1) is 18.8 Å². The molecule has 4 rings (SSSR count). The molecule has 27 heavy (non-hydrogen) atoms. The van der Waals surface area contributed by atoms with Gasteiger partial charge in [-0.05, 0) is 37.8 Å². The summed E-state index contributed by atoms with van der Waals surface area (Å²) in [4.78, 5) is 16.0. The molecule has 8 nitrogen and oxygen atoms in total. The van der Waals surface area contributed by atoms with E-state index in [1.807, 2.05) is 28.6 Å². The standard InChI is InChI=1S/C17H20N5O3PS/c1-12(11-13(2)23)18-17-20-19-16-14-5-3-4-6-15(14)25-26(27,22(16)17)21-7-9-24-10-8-21/h3-6H,7-11H2,1-2H3/b18-12+. The van der Waals surface area contributed by atoms with Crippen LogP contribution in [0.3, 0.4) is 0 Å². The number of aromatic nitrogens is 3. The minimum Gasteiger partial charge on any atom is -0.436 e. The van der Waals surface area contributed by atoms with Crippen LogP contribution in [0.1, 0.15) is 20.3 Å². The Morgan fingerprint density at radius 3 is 2.74 bits per heavy atom. The van der Waals surface area contributed by atoms with Crippen LogP contribution in [0.5, 0.6) is 5.75 Å². The summed E-state index contributed by atoms with van der Waals surface area (Å²) in [5.74, 6) is 1.79. The summed E-state index contributed by atoms with van der Waals surface area (Å²) in [6, 6.07) is 7.68. The van der Waals surface area contributed by atoms with E-state index in [1.54, 1.807) is 6.92 Å². The van der Waals surface area contributed by atoms with E-state index < -0.39 is 6.57 Å². The molecule has 10 heteroatoms. The van der Waals surface area contributed by atoms with Crippen LogP contribution >= 0.6 is 6.57 Å². The number of rotatable bonds is 4. The van der Waals surface area contributed by atoms with Gasteiger partial charge in [-0.3, -0.25) is 4.79 Å². The summed E-state index contributed by atoms with van der Waals surface area (Å²) in [7, 11) is 0. The van der Waals surface area contributed by atoms with Crippen LogP contribution in [0.15, 0.2) is 29.3 Å². The lowest BCUT2D eigenvalue weighted by Crippen LogP contribution is -2.37. The zero-order valence-electron chi connectivity index (χ0n) is 15.2. The van der Waals surface area contributed by atoms with Crippen molar-refractivity contribution in [2.45, 2.75) is 20.3 Å². The smallest absolute Gasteiger partial charge is 0.287 e. The summed E-state index contributed by atoms with van der Waals surface area (Å²) in [5.41, 5.74) is 1.50. The van der Waals surface area contributed by atoms with Crippen LogP contribution in [-0.4, -0.2) is 57.0 Å². The molecule has 1 unspecified atom stereocenters. The molecule has 142 valence electrons. The van der Waals surface area contributed by atoms with Gasteiger partial charge >= 0.3 is 0 Å². The second-order valence-corrected chi connectivity index (χ2v) is 10.1. The Kier molecular flexibility index (Phi) is 4.94. The number of ketones is 1. The van der Waals surface area contributed by atoms with Gasteiger partial charge in [0, 0.05) is 25.2 Å². The number of nitrogens with zero attached hydrogens (tertiary/aromatic N) is 5. The normalized spacial score (nSPS) is 22.7. The van der Waals surface area contributed by atoms with Crippen LogP contribution < -0.4 is 4.52 Å². The van der Waals surface area contributed by atoms with Gasteiger partial charge in [-0.15, -0.1) is 10.2 Å². The number of hydrogen-bond acceptors (Lipinski definition) is 7. The zero-order valence-corrected chi connectivity index (χ0v) is 16.9. The van der Waals surface area contributed by atoms with Crippen LogP contribution in [0.4, 0.5) is 5.95 Å². The number of hydrogen-bond donors (Lipinski definition) is 0. The van der Waals surface area contributed by atoms with E-state index in [0.717, 1.165) is 5.56 Å². The van der Waals surface area contributed by atoms with Gasteiger partial charge in [-0.2, -0.15) is 0 Å². The van der Waals surface area contributed by atoms with Crippen molar-refractivity contribution in [3.05, 3.63) is 24.3 Å². The Hall–Kier alpha value is -1.93. The first kappa shape index (κ1) is 18.4. The number of carbonyl (C=O) groups is 1. The predicted molar refractivity (Wildman–Crippen MR) is 106 cm³/mol. The van der Waals surface area contributed by atoms with E-state index >= 15 is 0 Å². The Bertz CT molecular complexity index is 967. The average Bonchev–Trinajstić information content (AvgIpc) is 3.07. The van der Waals surface area contributed by atoms with Crippen LogP contribution in [-0.2, 0) is 21.3 Å². The first-order valence-corrected chi connectivity index (χ1v) is 11.3.